The van der Waals surface area contributed by atoms with Gasteiger partial charge in [0.1, 0.15) is 30.2 Å². The summed E-state index contributed by atoms with van der Waals surface area (Å²) in [5, 5.41) is 11.6. The fourth-order valence-corrected chi connectivity index (χ4v) is 5.30. The second-order valence-electron chi connectivity index (χ2n) is 10.2. The molecule has 0 aliphatic rings. The molecule has 1 aromatic heterocycles. The van der Waals surface area contributed by atoms with Gasteiger partial charge in [-0.2, -0.15) is 0 Å². The second-order valence-corrected chi connectivity index (χ2v) is 10.6. The Labute approximate surface area is 255 Å². The van der Waals surface area contributed by atoms with E-state index < -0.39 is 5.97 Å². The van der Waals surface area contributed by atoms with E-state index in [0.29, 0.717) is 47.2 Å². The molecule has 5 nitrogen and oxygen atoms in total. The van der Waals surface area contributed by atoms with Crippen LogP contribution in [0.15, 0.2) is 127 Å². The van der Waals surface area contributed by atoms with Crippen molar-refractivity contribution in [3.8, 4) is 22.6 Å². The van der Waals surface area contributed by atoms with Gasteiger partial charge in [0.05, 0.1) is 0 Å². The van der Waals surface area contributed by atoms with E-state index >= 15 is 0 Å². The van der Waals surface area contributed by atoms with E-state index in [1.54, 1.807) is 0 Å². The number of carbonyl (C=O) groups is 1. The molecule has 5 aromatic carbocycles. The van der Waals surface area contributed by atoms with Crippen LogP contribution in [0.2, 0.25) is 5.02 Å². The van der Waals surface area contributed by atoms with E-state index in [1.807, 2.05) is 127 Å². The van der Waals surface area contributed by atoms with Crippen molar-refractivity contribution < 1.29 is 19.4 Å². The Bertz CT molecular complexity index is 1890. The minimum Gasteiger partial charge on any atom is -0.489 e. The highest BCUT2D eigenvalue weighted by Crippen LogP contribution is 2.36. The van der Waals surface area contributed by atoms with Crippen LogP contribution in [0, 0.1) is 0 Å². The molecule has 6 rings (SSSR count). The van der Waals surface area contributed by atoms with Gasteiger partial charge in [0.25, 0.3) is 0 Å². The number of nitrogens with zero attached hydrogens (tertiary/aromatic N) is 1. The molecule has 0 amide bonds. The highest BCUT2D eigenvalue weighted by Gasteiger charge is 2.19. The normalized spacial score (nSPS) is 10.9. The molecular formula is C37H28ClNO4. The lowest BCUT2D eigenvalue weighted by molar-refractivity contribution is 0.0690. The van der Waals surface area contributed by atoms with Gasteiger partial charge in [0.15, 0.2) is 5.69 Å². The first kappa shape index (κ1) is 28.0. The number of pyridine rings is 1. The molecule has 0 aliphatic heterocycles. The zero-order valence-corrected chi connectivity index (χ0v) is 24.0. The number of aromatic nitrogens is 1. The Morgan fingerprint density at radius 2 is 1.35 bits per heavy atom. The first-order valence-corrected chi connectivity index (χ1v) is 14.3. The van der Waals surface area contributed by atoms with E-state index in [9.17, 15) is 9.90 Å². The summed E-state index contributed by atoms with van der Waals surface area (Å²) in [6, 6.07) is 40.7. The third-order valence-corrected chi connectivity index (χ3v) is 7.53. The van der Waals surface area contributed by atoms with Crippen LogP contribution in [0.1, 0.15) is 32.7 Å². The monoisotopic (exact) mass is 585 g/mol. The number of hydrogen-bond donors (Lipinski definition) is 1. The zero-order valence-electron chi connectivity index (χ0n) is 23.2. The summed E-state index contributed by atoms with van der Waals surface area (Å²) in [5.74, 6) is 0.127. The van der Waals surface area contributed by atoms with Crippen molar-refractivity contribution in [1.82, 2.24) is 4.98 Å². The molecular weight excluding hydrogens is 558 g/mol. The molecule has 1 heterocycles. The van der Waals surface area contributed by atoms with Gasteiger partial charge in [-0.05, 0) is 58.1 Å². The maximum Gasteiger partial charge on any atom is 0.354 e. The topological polar surface area (TPSA) is 68.7 Å². The number of rotatable bonds is 10. The lowest BCUT2D eigenvalue weighted by atomic mass is 9.93. The Kier molecular flexibility index (Phi) is 8.34. The average Bonchev–Trinajstić information content (AvgIpc) is 3.04. The number of halogens is 1. The van der Waals surface area contributed by atoms with Crippen LogP contribution in [-0.2, 0) is 19.6 Å². The van der Waals surface area contributed by atoms with Crippen molar-refractivity contribution in [3.05, 3.63) is 160 Å². The van der Waals surface area contributed by atoms with Gasteiger partial charge >= 0.3 is 5.97 Å². The summed E-state index contributed by atoms with van der Waals surface area (Å²) in [5.41, 5.74) is 5.77. The Hall–Kier alpha value is -5.13. The van der Waals surface area contributed by atoms with E-state index in [0.717, 1.165) is 33.2 Å². The molecule has 1 N–H and O–H groups in total. The predicted octanol–water partition coefficient (Wildman–Crippen LogP) is 9.00. The molecule has 0 fully saturated rings. The molecule has 0 atom stereocenters. The highest BCUT2D eigenvalue weighted by atomic mass is 35.5. The summed E-state index contributed by atoms with van der Waals surface area (Å²) in [4.78, 5) is 17.1. The van der Waals surface area contributed by atoms with E-state index in [4.69, 9.17) is 21.1 Å². The van der Waals surface area contributed by atoms with Crippen molar-refractivity contribution in [3.63, 3.8) is 0 Å². The van der Waals surface area contributed by atoms with Gasteiger partial charge < -0.3 is 14.6 Å². The van der Waals surface area contributed by atoms with Crippen molar-refractivity contribution >= 4 is 28.5 Å². The largest absolute Gasteiger partial charge is 0.489 e. The molecule has 0 unspecified atom stereocenters. The van der Waals surface area contributed by atoms with Gasteiger partial charge in [-0.25, -0.2) is 9.78 Å². The van der Waals surface area contributed by atoms with E-state index in [-0.39, 0.29) is 5.69 Å². The Morgan fingerprint density at radius 3 is 2.05 bits per heavy atom. The second kappa shape index (κ2) is 12.8. The molecule has 0 radical (unpaired) electrons. The van der Waals surface area contributed by atoms with Crippen LogP contribution < -0.4 is 9.47 Å². The number of carboxylic acids is 1. The molecule has 0 saturated heterocycles. The first-order valence-electron chi connectivity index (χ1n) is 13.9. The van der Waals surface area contributed by atoms with Crippen LogP contribution in [0.3, 0.4) is 0 Å². The lowest BCUT2D eigenvalue weighted by Gasteiger charge is -2.16. The smallest absolute Gasteiger partial charge is 0.354 e. The minimum atomic E-state index is -1.10. The maximum atomic E-state index is 12.5. The van der Waals surface area contributed by atoms with Crippen molar-refractivity contribution in [2.75, 3.05) is 0 Å². The van der Waals surface area contributed by atoms with Crippen LogP contribution in [0.25, 0.3) is 22.0 Å². The van der Waals surface area contributed by atoms with Gasteiger partial charge in [0, 0.05) is 22.4 Å². The minimum absolute atomic E-state index is 0.0160. The molecule has 0 saturated carbocycles. The summed E-state index contributed by atoms with van der Waals surface area (Å²) in [6.07, 6.45) is 0.333. The first-order chi connectivity index (χ1) is 21.0. The van der Waals surface area contributed by atoms with Crippen molar-refractivity contribution in [2.45, 2.75) is 19.6 Å². The Balaban J connectivity index is 1.36. The number of fused-ring (bicyclic) bond motifs is 1. The number of benzene rings is 5. The molecule has 0 bridgehead atoms. The molecule has 6 aromatic rings. The lowest BCUT2D eigenvalue weighted by Crippen LogP contribution is -2.08. The molecule has 0 aliphatic carbocycles. The van der Waals surface area contributed by atoms with E-state index in [1.165, 1.54) is 0 Å². The van der Waals surface area contributed by atoms with Crippen LogP contribution in [-0.4, -0.2) is 16.1 Å². The average molecular weight is 586 g/mol. The molecule has 43 heavy (non-hydrogen) atoms. The fourth-order valence-electron chi connectivity index (χ4n) is 5.06. The quantitative estimate of drug-likeness (QED) is 0.174. The number of ether oxygens (including phenoxy) is 2. The SMILES string of the molecule is O=C(O)c1nc2c(OCc3ccccc3)cccc2cc1Cc1ccc(OCc2ccccc2)cc1-c1ccccc1Cl. The van der Waals surface area contributed by atoms with Crippen LogP contribution in [0.5, 0.6) is 11.5 Å². The van der Waals surface area contributed by atoms with Crippen LogP contribution >= 0.6 is 11.6 Å². The van der Waals surface area contributed by atoms with Crippen molar-refractivity contribution in [1.29, 1.82) is 0 Å². The molecule has 6 heteroatoms. The fraction of sp³-hybridized carbons (Fsp3) is 0.0811. The predicted molar refractivity (Wildman–Crippen MR) is 170 cm³/mol. The van der Waals surface area contributed by atoms with Gasteiger partial charge in [-0.15, -0.1) is 0 Å². The third-order valence-electron chi connectivity index (χ3n) is 7.20. The maximum absolute atomic E-state index is 12.5. The number of para-hydroxylation sites is 1. The molecule has 212 valence electrons. The van der Waals surface area contributed by atoms with Gasteiger partial charge in [-0.3, -0.25) is 0 Å². The summed E-state index contributed by atoms with van der Waals surface area (Å²) in [7, 11) is 0. The zero-order chi connectivity index (χ0) is 29.6. The van der Waals surface area contributed by atoms with Crippen molar-refractivity contribution in [2.24, 2.45) is 0 Å². The number of carboxylic acid groups (broad SMARTS) is 1. The molecule has 0 spiro atoms. The van der Waals surface area contributed by atoms with Crippen LogP contribution in [0.4, 0.5) is 0 Å². The van der Waals surface area contributed by atoms with Gasteiger partial charge in [-0.1, -0.05) is 109 Å². The standard InChI is InChI=1S/C37H28ClNO4/c38-33-16-8-7-15-31(33)32-22-30(42-23-25-10-3-1-4-11-25)19-18-27(32)20-29-21-28-14-9-17-34(35(28)39-36(29)37(40)41)43-24-26-12-5-2-6-13-26/h1-19,21-22H,20,23-24H2,(H,40,41). The highest BCUT2D eigenvalue weighted by molar-refractivity contribution is 6.33. The van der Waals surface area contributed by atoms with Gasteiger partial charge in [0.2, 0.25) is 0 Å². The number of hydrogen-bond acceptors (Lipinski definition) is 4. The Morgan fingerprint density at radius 1 is 0.674 bits per heavy atom. The summed E-state index contributed by atoms with van der Waals surface area (Å²) in [6.45, 7) is 0.778. The van der Waals surface area contributed by atoms with E-state index in [2.05, 4.69) is 4.98 Å². The summed E-state index contributed by atoms with van der Waals surface area (Å²) < 4.78 is 12.2. The summed E-state index contributed by atoms with van der Waals surface area (Å²) >= 11 is 6.65. The number of aromatic carboxylic acids is 1. The third kappa shape index (κ3) is 6.53.